The Bertz CT molecular complexity index is 1010. The number of methoxy groups -OCH3 is 1. The molecule has 0 N–H and O–H groups in total. The molecule has 0 bridgehead atoms. The third-order valence-electron chi connectivity index (χ3n) is 10.4. The molecular formula is C28H37N3O. The molecule has 0 amide bonds. The zero-order chi connectivity index (χ0) is 21.9. The van der Waals surface area contributed by atoms with Crippen molar-refractivity contribution in [3.63, 3.8) is 0 Å². The summed E-state index contributed by atoms with van der Waals surface area (Å²) in [6.45, 7) is 5.21. The lowest BCUT2D eigenvalue weighted by atomic mass is 9.46. The van der Waals surface area contributed by atoms with Gasteiger partial charge in [-0.25, -0.2) is 4.68 Å². The van der Waals surface area contributed by atoms with Crippen LogP contribution in [-0.2, 0) is 0 Å². The normalized spacial score (nSPS) is 40.4. The number of nitrogens with zero attached hydrogens (tertiary/aromatic N) is 3. The second-order valence-electron chi connectivity index (χ2n) is 11.5. The van der Waals surface area contributed by atoms with Crippen molar-refractivity contribution < 1.29 is 4.74 Å². The average Bonchev–Trinajstić information content (AvgIpc) is 3.43. The number of hydrogen-bond donors (Lipinski definition) is 0. The van der Waals surface area contributed by atoms with Gasteiger partial charge in [-0.1, -0.05) is 31.2 Å². The fourth-order valence-electron chi connectivity index (χ4n) is 8.57. The molecule has 3 fully saturated rings. The fourth-order valence-corrected chi connectivity index (χ4v) is 8.57. The van der Waals surface area contributed by atoms with Gasteiger partial charge in [-0.15, -0.1) is 5.10 Å². The Morgan fingerprint density at radius 2 is 1.75 bits per heavy atom. The maximum Gasteiger partial charge on any atom is 0.118 e. The number of allylic oxidation sites excluding steroid dienone is 2. The van der Waals surface area contributed by atoms with E-state index in [1.807, 2.05) is 12.1 Å². The predicted octanol–water partition coefficient (Wildman–Crippen LogP) is 6.70. The fraction of sp³-hybridized carbons (Fsp3) is 0.643. The molecule has 7 atom stereocenters. The van der Waals surface area contributed by atoms with Gasteiger partial charge in [0.15, 0.2) is 0 Å². The van der Waals surface area contributed by atoms with Crippen LogP contribution < -0.4 is 4.74 Å². The third-order valence-corrected chi connectivity index (χ3v) is 10.4. The van der Waals surface area contributed by atoms with Crippen LogP contribution in [-0.4, -0.2) is 22.1 Å². The van der Waals surface area contributed by atoms with Crippen LogP contribution in [0.15, 0.2) is 42.6 Å². The van der Waals surface area contributed by atoms with E-state index in [1.165, 1.54) is 51.4 Å². The van der Waals surface area contributed by atoms with E-state index in [0.717, 1.165) is 40.7 Å². The molecule has 1 unspecified atom stereocenters. The van der Waals surface area contributed by atoms with Gasteiger partial charge in [0.25, 0.3) is 0 Å². The number of benzene rings is 1. The first-order valence-corrected chi connectivity index (χ1v) is 12.7. The summed E-state index contributed by atoms with van der Waals surface area (Å²) >= 11 is 0. The summed E-state index contributed by atoms with van der Waals surface area (Å²) in [4.78, 5) is 0. The van der Waals surface area contributed by atoms with Crippen LogP contribution in [0.2, 0.25) is 0 Å². The highest BCUT2D eigenvalue weighted by atomic mass is 16.5. The number of rotatable bonds is 3. The molecule has 32 heavy (non-hydrogen) atoms. The molecule has 0 spiro atoms. The summed E-state index contributed by atoms with van der Waals surface area (Å²) in [5.41, 5.74) is 2.96. The second kappa shape index (κ2) is 7.46. The SMILES string of the molecule is COc1ccc(-c2cn([C@@H]3CC[C@H]4[C@@H]5CC[C@H]6CC=CC[C@]6(C)C5CC[C@@]43C)nn2)cc1. The van der Waals surface area contributed by atoms with E-state index in [1.54, 1.807) is 7.11 Å². The summed E-state index contributed by atoms with van der Waals surface area (Å²) < 4.78 is 7.52. The number of fused-ring (bicyclic) bond motifs is 5. The van der Waals surface area contributed by atoms with Gasteiger partial charge in [0.1, 0.15) is 11.4 Å². The molecule has 0 saturated heterocycles. The summed E-state index contributed by atoms with van der Waals surface area (Å²) in [7, 11) is 1.70. The van der Waals surface area contributed by atoms with Crippen LogP contribution >= 0.6 is 0 Å². The smallest absolute Gasteiger partial charge is 0.118 e. The Labute approximate surface area is 192 Å². The number of hydrogen-bond acceptors (Lipinski definition) is 3. The molecule has 1 heterocycles. The van der Waals surface area contributed by atoms with Crippen molar-refractivity contribution in [3.05, 3.63) is 42.6 Å². The van der Waals surface area contributed by atoms with Crippen molar-refractivity contribution in [1.82, 2.24) is 15.0 Å². The molecule has 3 saturated carbocycles. The van der Waals surface area contributed by atoms with E-state index in [-0.39, 0.29) is 0 Å². The summed E-state index contributed by atoms with van der Waals surface area (Å²) in [5.74, 6) is 4.44. The monoisotopic (exact) mass is 431 g/mol. The zero-order valence-electron chi connectivity index (χ0n) is 19.8. The van der Waals surface area contributed by atoms with Gasteiger partial charge in [0, 0.05) is 5.56 Å². The van der Waals surface area contributed by atoms with Gasteiger partial charge in [-0.3, -0.25) is 0 Å². The van der Waals surface area contributed by atoms with Crippen LogP contribution in [0, 0.1) is 34.5 Å². The second-order valence-corrected chi connectivity index (χ2v) is 11.5. The van der Waals surface area contributed by atoms with E-state index in [4.69, 9.17) is 4.74 Å². The van der Waals surface area contributed by atoms with E-state index in [0.29, 0.717) is 16.9 Å². The lowest BCUT2D eigenvalue weighted by molar-refractivity contribution is -0.0954. The number of ether oxygens (including phenoxy) is 1. The minimum absolute atomic E-state index is 0.347. The maximum absolute atomic E-state index is 5.30. The van der Waals surface area contributed by atoms with Gasteiger partial charge in [-0.05, 0) is 110 Å². The van der Waals surface area contributed by atoms with Gasteiger partial charge >= 0.3 is 0 Å². The molecule has 2 aromatic rings. The first kappa shape index (κ1) is 20.5. The molecule has 170 valence electrons. The Balaban J connectivity index is 1.25. The molecule has 6 rings (SSSR count). The highest BCUT2D eigenvalue weighted by Crippen LogP contribution is 2.67. The molecule has 0 radical (unpaired) electrons. The standard InChI is InChI=1S/C28H37N3O/c1-27-16-5-4-6-20(27)9-12-22-23-13-14-26(28(23,2)17-15-24(22)27)31-18-25(29-30-31)19-7-10-21(32-3)11-8-19/h4-5,7-8,10-11,18,20,22-24,26H,6,9,12-17H2,1-3H3/t20-,22+,23+,24?,26-,27+,28+/m1/s1. The van der Waals surface area contributed by atoms with Crippen LogP contribution in [0.4, 0.5) is 0 Å². The Hall–Kier alpha value is -2.10. The van der Waals surface area contributed by atoms with E-state index in [9.17, 15) is 0 Å². The third kappa shape index (κ3) is 2.94. The van der Waals surface area contributed by atoms with Crippen molar-refractivity contribution in [2.24, 2.45) is 34.5 Å². The molecule has 4 aliphatic carbocycles. The van der Waals surface area contributed by atoms with Crippen molar-refractivity contribution in [2.45, 2.75) is 71.3 Å². The zero-order valence-corrected chi connectivity index (χ0v) is 19.8. The molecule has 1 aromatic carbocycles. The van der Waals surface area contributed by atoms with Crippen molar-refractivity contribution >= 4 is 0 Å². The van der Waals surface area contributed by atoms with E-state index >= 15 is 0 Å². The topological polar surface area (TPSA) is 39.9 Å². The lowest BCUT2D eigenvalue weighted by Crippen LogP contribution is -2.52. The predicted molar refractivity (Wildman–Crippen MR) is 127 cm³/mol. The summed E-state index contributed by atoms with van der Waals surface area (Å²) in [5, 5.41) is 9.23. The van der Waals surface area contributed by atoms with Crippen LogP contribution in [0.3, 0.4) is 0 Å². The van der Waals surface area contributed by atoms with E-state index in [2.05, 4.69) is 59.3 Å². The molecule has 4 aliphatic rings. The van der Waals surface area contributed by atoms with Crippen LogP contribution in [0.5, 0.6) is 5.75 Å². The Morgan fingerprint density at radius 1 is 0.938 bits per heavy atom. The molecular weight excluding hydrogens is 394 g/mol. The van der Waals surface area contributed by atoms with Gasteiger partial charge in [-0.2, -0.15) is 0 Å². The molecule has 0 aliphatic heterocycles. The minimum Gasteiger partial charge on any atom is -0.497 e. The Kier molecular flexibility index (Phi) is 4.78. The van der Waals surface area contributed by atoms with Gasteiger partial charge < -0.3 is 4.74 Å². The number of aromatic nitrogens is 3. The van der Waals surface area contributed by atoms with E-state index < -0.39 is 0 Å². The quantitative estimate of drug-likeness (QED) is 0.507. The average molecular weight is 432 g/mol. The minimum atomic E-state index is 0.347. The summed E-state index contributed by atoms with van der Waals surface area (Å²) in [6.07, 6.45) is 18.0. The molecule has 1 aromatic heterocycles. The lowest BCUT2D eigenvalue weighted by Gasteiger charge is -2.59. The largest absolute Gasteiger partial charge is 0.497 e. The van der Waals surface area contributed by atoms with Crippen LogP contribution in [0.1, 0.15) is 71.3 Å². The molecule has 4 nitrogen and oxygen atoms in total. The van der Waals surface area contributed by atoms with Crippen molar-refractivity contribution in [1.29, 1.82) is 0 Å². The first-order chi connectivity index (χ1) is 15.5. The molecule has 4 heteroatoms. The highest BCUT2D eigenvalue weighted by molar-refractivity contribution is 5.58. The highest BCUT2D eigenvalue weighted by Gasteiger charge is 2.60. The van der Waals surface area contributed by atoms with Gasteiger partial charge in [0.05, 0.1) is 19.3 Å². The summed E-state index contributed by atoms with van der Waals surface area (Å²) in [6, 6.07) is 8.63. The van der Waals surface area contributed by atoms with Gasteiger partial charge in [0.2, 0.25) is 0 Å². The van der Waals surface area contributed by atoms with Crippen LogP contribution in [0.25, 0.3) is 11.3 Å². The Morgan fingerprint density at radius 3 is 2.56 bits per heavy atom. The van der Waals surface area contributed by atoms with Crippen molar-refractivity contribution in [2.75, 3.05) is 7.11 Å². The first-order valence-electron chi connectivity index (χ1n) is 12.7. The maximum atomic E-state index is 5.30. The van der Waals surface area contributed by atoms with Crippen molar-refractivity contribution in [3.8, 4) is 17.0 Å².